The fourth-order valence-electron chi connectivity index (χ4n) is 4.01. The second kappa shape index (κ2) is 8.29. The van der Waals surface area contributed by atoms with Crippen LogP contribution in [0, 0.1) is 12.8 Å². The van der Waals surface area contributed by atoms with Crippen LogP contribution in [0.25, 0.3) is 0 Å². The molecule has 1 amide bonds. The Labute approximate surface area is 162 Å². The van der Waals surface area contributed by atoms with E-state index in [0.717, 1.165) is 25.8 Å². The van der Waals surface area contributed by atoms with Crippen LogP contribution in [0.1, 0.15) is 49.0 Å². The lowest BCUT2D eigenvalue weighted by Gasteiger charge is -2.38. The Kier molecular flexibility index (Phi) is 6.23. The molecule has 0 N–H and O–H groups in total. The molecule has 1 atom stereocenters. The van der Waals surface area contributed by atoms with E-state index in [9.17, 15) is 13.2 Å². The van der Waals surface area contributed by atoms with Gasteiger partial charge in [0.05, 0.1) is 18.1 Å². The van der Waals surface area contributed by atoms with Gasteiger partial charge >= 0.3 is 0 Å². The molecule has 0 aliphatic carbocycles. The molecule has 1 unspecified atom stereocenters. The highest BCUT2D eigenvalue weighted by atomic mass is 32.2. The Balaban J connectivity index is 1.91. The molecular weight excluding hydrogens is 364 g/mol. The first-order chi connectivity index (χ1) is 12.8. The molecule has 2 heterocycles. The number of rotatable bonds is 4. The van der Waals surface area contributed by atoms with Gasteiger partial charge in [-0.15, -0.1) is 0 Å². The monoisotopic (exact) mass is 394 g/mol. The third kappa shape index (κ3) is 4.20. The Hall–Kier alpha value is -1.44. The maximum atomic E-state index is 13.2. The van der Waals surface area contributed by atoms with E-state index < -0.39 is 10.0 Å². The van der Waals surface area contributed by atoms with E-state index >= 15 is 0 Å². The van der Waals surface area contributed by atoms with Crippen molar-refractivity contribution in [2.24, 2.45) is 5.92 Å². The predicted molar refractivity (Wildman–Crippen MR) is 104 cm³/mol. The summed E-state index contributed by atoms with van der Waals surface area (Å²) >= 11 is 0. The lowest BCUT2D eigenvalue weighted by atomic mass is 9.92. The molecule has 2 fully saturated rings. The first-order valence-electron chi connectivity index (χ1n) is 9.82. The lowest BCUT2D eigenvalue weighted by Crippen LogP contribution is -2.46. The number of ether oxygens (including phenoxy) is 1. The van der Waals surface area contributed by atoms with Crippen molar-refractivity contribution in [3.05, 3.63) is 29.3 Å². The van der Waals surface area contributed by atoms with Gasteiger partial charge in [0.25, 0.3) is 5.91 Å². The highest BCUT2D eigenvalue weighted by molar-refractivity contribution is 7.89. The Morgan fingerprint density at radius 2 is 1.85 bits per heavy atom. The van der Waals surface area contributed by atoms with E-state index in [2.05, 4.69) is 13.8 Å². The molecule has 0 radical (unpaired) electrons. The minimum Gasteiger partial charge on any atom is -0.379 e. The molecular formula is C20H30N2O4S. The Morgan fingerprint density at radius 1 is 1.15 bits per heavy atom. The third-order valence-electron chi connectivity index (χ3n) is 5.60. The molecule has 27 heavy (non-hydrogen) atoms. The maximum absolute atomic E-state index is 13.2. The van der Waals surface area contributed by atoms with Crippen molar-refractivity contribution in [1.29, 1.82) is 0 Å². The predicted octanol–water partition coefficient (Wildman–Crippen LogP) is 2.67. The van der Waals surface area contributed by atoms with Gasteiger partial charge in [0.2, 0.25) is 10.0 Å². The average molecular weight is 395 g/mol. The van der Waals surface area contributed by atoms with Crippen molar-refractivity contribution in [2.45, 2.75) is 51.0 Å². The van der Waals surface area contributed by atoms with Gasteiger partial charge in [-0.2, -0.15) is 4.31 Å². The summed E-state index contributed by atoms with van der Waals surface area (Å²) < 4.78 is 32.9. The topological polar surface area (TPSA) is 66.9 Å². The number of nitrogens with zero attached hydrogens (tertiary/aromatic N) is 2. The summed E-state index contributed by atoms with van der Waals surface area (Å²) in [4.78, 5) is 15.3. The van der Waals surface area contributed by atoms with Crippen LogP contribution in [0.2, 0.25) is 0 Å². The van der Waals surface area contributed by atoms with Crippen LogP contribution >= 0.6 is 0 Å². The zero-order valence-electron chi connectivity index (χ0n) is 16.5. The van der Waals surface area contributed by atoms with Gasteiger partial charge < -0.3 is 9.64 Å². The number of carbonyl (C=O) groups excluding carboxylic acids is 1. The molecule has 1 aromatic carbocycles. The Bertz CT molecular complexity index is 785. The Morgan fingerprint density at radius 3 is 2.52 bits per heavy atom. The van der Waals surface area contributed by atoms with E-state index in [1.54, 1.807) is 25.1 Å². The highest BCUT2D eigenvalue weighted by Crippen LogP contribution is 2.27. The summed E-state index contributed by atoms with van der Waals surface area (Å²) in [5.41, 5.74) is 1.12. The van der Waals surface area contributed by atoms with Crippen molar-refractivity contribution in [1.82, 2.24) is 9.21 Å². The summed E-state index contributed by atoms with van der Waals surface area (Å²) in [6, 6.07) is 5.28. The number of piperidine rings is 1. The first kappa shape index (κ1) is 20.3. The van der Waals surface area contributed by atoms with Crippen LogP contribution in [0.15, 0.2) is 23.1 Å². The molecule has 1 aromatic rings. The average Bonchev–Trinajstić information content (AvgIpc) is 2.68. The number of likely N-dealkylation sites (tertiary alicyclic amines) is 1. The van der Waals surface area contributed by atoms with Crippen LogP contribution in [0.4, 0.5) is 0 Å². The molecule has 150 valence electrons. The number of benzene rings is 1. The van der Waals surface area contributed by atoms with Crippen molar-refractivity contribution in [3.8, 4) is 0 Å². The molecule has 3 rings (SSSR count). The van der Waals surface area contributed by atoms with Crippen molar-refractivity contribution in [2.75, 3.05) is 32.8 Å². The van der Waals surface area contributed by atoms with Gasteiger partial charge in [0, 0.05) is 31.2 Å². The van der Waals surface area contributed by atoms with Crippen LogP contribution in [0.3, 0.4) is 0 Å². The zero-order chi connectivity index (χ0) is 19.6. The fourth-order valence-corrected chi connectivity index (χ4v) is 5.66. The number of hydrogen-bond acceptors (Lipinski definition) is 4. The first-order valence-corrected chi connectivity index (χ1v) is 11.3. The normalized spacial score (nSPS) is 22.2. The van der Waals surface area contributed by atoms with Gasteiger partial charge in [0.1, 0.15) is 0 Å². The zero-order valence-corrected chi connectivity index (χ0v) is 17.3. The van der Waals surface area contributed by atoms with Gasteiger partial charge in [-0.05, 0) is 49.8 Å². The molecule has 2 aliphatic rings. The van der Waals surface area contributed by atoms with Crippen LogP contribution in [0.5, 0.6) is 0 Å². The smallest absolute Gasteiger partial charge is 0.254 e. The minimum absolute atomic E-state index is 0.0631. The molecule has 0 bridgehead atoms. The second-order valence-corrected chi connectivity index (χ2v) is 9.71. The number of aryl methyl sites for hydroxylation is 1. The van der Waals surface area contributed by atoms with E-state index in [1.165, 1.54) is 4.31 Å². The van der Waals surface area contributed by atoms with Gasteiger partial charge in [-0.3, -0.25) is 4.79 Å². The number of amides is 1. The molecule has 0 aromatic heterocycles. The molecule has 6 nitrogen and oxygen atoms in total. The summed E-state index contributed by atoms with van der Waals surface area (Å²) in [5, 5.41) is 0. The van der Waals surface area contributed by atoms with Crippen LogP contribution < -0.4 is 0 Å². The fraction of sp³-hybridized carbons (Fsp3) is 0.650. The summed E-state index contributed by atoms with van der Waals surface area (Å²) in [5.74, 6) is 0.322. The largest absolute Gasteiger partial charge is 0.379 e. The molecule has 7 heteroatoms. The quantitative estimate of drug-likeness (QED) is 0.787. The number of carbonyl (C=O) groups is 1. The van der Waals surface area contributed by atoms with E-state index in [1.807, 2.05) is 4.90 Å². The number of morpholine rings is 1. The summed E-state index contributed by atoms with van der Waals surface area (Å²) in [6.07, 6.45) is 3.14. The summed E-state index contributed by atoms with van der Waals surface area (Å²) in [7, 11) is -3.63. The molecule has 0 saturated carbocycles. The van der Waals surface area contributed by atoms with Crippen molar-refractivity contribution < 1.29 is 17.9 Å². The van der Waals surface area contributed by atoms with Gasteiger partial charge in [-0.25, -0.2) is 8.42 Å². The van der Waals surface area contributed by atoms with Crippen LogP contribution in [-0.4, -0.2) is 62.4 Å². The van der Waals surface area contributed by atoms with Gasteiger partial charge in [0.15, 0.2) is 0 Å². The molecule has 2 saturated heterocycles. The van der Waals surface area contributed by atoms with Crippen molar-refractivity contribution >= 4 is 15.9 Å². The van der Waals surface area contributed by atoms with Crippen molar-refractivity contribution in [3.63, 3.8) is 0 Å². The van der Waals surface area contributed by atoms with E-state index in [4.69, 9.17) is 4.74 Å². The second-order valence-electron chi connectivity index (χ2n) is 7.80. The number of hydrogen-bond donors (Lipinski definition) is 0. The van der Waals surface area contributed by atoms with E-state index in [0.29, 0.717) is 43.3 Å². The maximum Gasteiger partial charge on any atom is 0.254 e. The highest BCUT2D eigenvalue weighted by Gasteiger charge is 2.32. The lowest BCUT2D eigenvalue weighted by molar-refractivity contribution is 0.0543. The van der Waals surface area contributed by atoms with Gasteiger partial charge in [-0.1, -0.05) is 19.9 Å². The van der Waals surface area contributed by atoms with E-state index in [-0.39, 0.29) is 16.8 Å². The summed E-state index contributed by atoms with van der Waals surface area (Å²) in [6.45, 7) is 8.30. The number of sulfonamides is 1. The molecule has 0 spiro atoms. The standard InChI is InChI=1S/C20H30N2O4S/c1-15(2)18-6-4-5-9-22(18)20(23)17-8-7-16(3)19(14-17)27(24,25)21-10-12-26-13-11-21/h7-8,14-15,18H,4-6,9-13H2,1-3H3. The minimum atomic E-state index is -3.63. The third-order valence-corrected chi connectivity index (χ3v) is 7.64. The SMILES string of the molecule is Cc1ccc(C(=O)N2CCCCC2C(C)C)cc1S(=O)(=O)N1CCOCC1. The molecule has 2 aliphatic heterocycles. The van der Waals surface area contributed by atoms with Crippen LogP contribution in [-0.2, 0) is 14.8 Å².